The summed E-state index contributed by atoms with van der Waals surface area (Å²) in [5, 5.41) is 6.16. The van der Waals surface area contributed by atoms with Gasteiger partial charge in [0.1, 0.15) is 5.00 Å². The molecule has 0 radical (unpaired) electrons. The minimum Gasteiger partial charge on any atom is -0.299 e. The van der Waals surface area contributed by atoms with Gasteiger partial charge in [0.2, 0.25) is 0 Å². The summed E-state index contributed by atoms with van der Waals surface area (Å²) in [4.78, 5) is 39.0. The first-order valence-corrected chi connectivity index (χ1v) is 16.3. The monoisotopic (exact) mass is 521 g/mol. The van der Waals surface area contributed by atoms with Gasteiger partial charge < -0.3 is 0 Å². The first-order chi connectivity index (χ1) is 17.4. The van der Waals surface area contributed by atoms with Gasteiger partial charge in [-0.25, -0.2) is 0 Å². The molecule has 0 spiro atoms. The summed E-state index contributed by atoms with van der Waals surface area (Å²) in [6, 6.07) is 17.8. The van der Waals surface area contributed by atoms with Gasteiger partial charge in [0.15, 0.2) is 19.6 Å². The number of hydrogen-bond donors (Lipinski definition) is 0. The molecule has 0 unspecified atom stereocenters. The molecule has 7 rings (SSSR count). The molecule has 0 bridgehead atoms. The number of ketones is 2. The number of carbonyl (C=O) groups excluding carboxylic acids is 2. The molecular weight excluding hydrogens is 503 g/mol. The van der Waals surface area contributed by atoms with Crippen LogP contribution in [0, 0.1) is 0 Å². The van der Waals surface area contributed by atoms with Crippen molar-refractivity contribution in [3.05, 3.63) is 93.9 Å². The molecule has 2 aliphatic rings. The van der Waals surface area contributed by atoms with Crippen LogP contribution in [0.5, 0.6) is 0 Å². The zero-order valence-corrected chi connectivity index (χ0v) is 22.1. The van der Waals surface area contributed by atoms with Crippen LogP contribution < -0.4 is 15.5 Å². The Bertz CT molecular complexity index is 1680. The second-order valence-electron chi connectivity index (χ2n) is 9.45. The van der Waals surface area contributed by atoms with Crippen LogP contribution in [0.4, 0.5) is 16.4 Å². The Morgan fingerprint density at radius 2 is 1.53 bits per heavy atom. The average Bonchev–Trinajstić information content (AvgIpc) is 3.59. The SMILES string of the molecule is C[Si]1(C)c2ncccc2N(c2ccc(/C=C3\C(=O)c4cc5ccsc5cc4C3=O)s2)c2cccnc21. The van der Waals surface area contributed by atoms with Crippen molar-refractivity contribution < 1.29 is 9.59 Å². The number of fused-ring (bicyclic) bond motifs is 4. The van der Waals surface area contributed by atoms with Crippen LogP contribution in [0.3, 0.4) is 0 Å². The number of rotatable bonds is 2. The number of thiophene rings is 2. The van der Waals surface area contributed by atoms with Crippen LogP contribution >= 0.6 is 22.7 Å². The smallest absolute Gasteiger partial charge is 0.197 e. The lowest BCUT2D eigenvalue weighted by Crippen LogP contribution is -2.60. The van der Waals surface area contributed by atoms with Crippen LogP contribution in [0.2, 0.25) is 13.1 Å². The van der Waals surface area contributed by atoms with Crippen LogP contribution in [-0.2, 0) is 0 Å². The van der Waals surface area contributed by atoms with Crippen molar-refractivity contribution in [3.8, 4) is 0 Å². The second-order valence-corrected chi connectivity index (χ2v) is 15.7. The third kappa shape index (κ3) is 2.98. The van der Waals surface area contributed by atoms with Gasteiger partial charge in [-0.3, -0.25) is 24.5 Å². The lowest BCUT2D eigenvalue weighted by molar-refractivity contribution is 0.0990. The molecule has 5 aromatic rings. The highest BCUT2D eigenvalue weighted by Crippen LogP contribution is 2.41. The van der Waals surface area contributed by atoms with Crippen LogP contribution in [0.1, 0.15) is 25.6 Å². The number of nitrogens with zero attached hydrogens (tertiary/aromatic N) is 3. The van der Waals surface area contributed by atoms with Crippen LogP contribution in [0.25, 0.3) is 16.2 Å². The molecule has 0 atom stereocenters. The number of allylic oxidation sites excluding steroid dienone is 1. The van der Waals surface area contributed by atoms with Gasteiger partial charge >= 0.3 is 0 Å². The highest BCUT2D eigenvalue weighted by molar-refractivity contribution is 7.17. The quantitative estimate of drug-likeness (QED) is 0.166. The standard InChI is InChI=1S/C28H19N3O2S2Si/c1-36(2)27-21(5-3-10-29-27)31(22-6-4-11-30-28(22)36)24-8-7-17(35-24)14-20-25(32)18-13-16-9-12-34-23(16)15-19(18)26(20)33/h3-15H,1-2H3/b20-14+. The highest BCUT2D eigenvalue weighted by atomic mass is 32.1. The van der Waals surface area contributed by atoms with Gasteiger partial charge in [-0.1, -0.05) is 13.1 Å². The van der Waals surface area contributed by atoms with Gasteiger partial charge in [-0.05, 0) is 71.4 Å². The van der Waals surface area contributed by atoms with E-state index in [0.717, 1.165) is 42.0 Å². The van der Waals surface area contributed by atoms with Gasteiger partial charge in [-0.2, -0.15) is 0 Å². The normalized spacial score (nSPS) is 16.9. The number of anilines is 3. The zero-order valence-electron chi connectivity index (χ0n) is 19.5. The van der Waals surface area contributed by atoms with E-state index >= 15 is 0 Å². The van der Waals surface area contributed by atoms with E-state index in [1.165, 1.54) is 0 Å². The van der Waals surface area contributed by atoms with E-state index in [1.54, 1.807) is 28.7 Å². The molecule has 8 heteroatoms. The first-order valence-electron chi connectivity index (χ1n) is 11.6. The van der Waals surface area contributed by atoms with Crippen molar-refractivity contribution in [1.82, 2.24) is 9.97 Å². The summed E-state index contributed by atoms with van der Waals surface area (Å²) in [6.45, 7) is 4.57. The molecule has 0 N–H and O–H groups in total. The van der Waals surface area contributed by atoms with Crippen LogP contribution in [-0.4, -0.2) is 29.6 Å². The third-order valence-electron chi connectivity index (χ3n) is 6.93. The molecule has 1 aliphatic heterocycles. The number of carbonyl (C=O) groups is 2. The van der Waals surface area contributed by atoms with Gasteiger partial charge in [0, 0.05) is 33.1 Å². The fraction of sp³-hybridized carbons (Fsp3) is 0.0714. The Balaban J connectivity index is 1.32. The molecule has 1 aromatic carbocycles. The van der Waals surface area contributed by atoms with Crippen molar-refractivity contribution in [2.75, 3.05) is 4.90 Å². The van der Waals surface area contributed by atoms with Crippen molar-refractivity contribution >= 4 is 85.5 Å². The van der Waals surface area contributed by atoms with E-state index < -0.39 is 8.07 Å². The number of Topliss-reactive ketones (excluding diaryl/α,β-unsaturated/α-hetero) is 2. The molecule has 1 aliphatic carbocycles. The van der Waals surface area contributed by atoms with E-state index in [0.29, 0.717) is 11.1 Å². The summed E-state index contributed by atoms with van der Waals surface area (Å²) < 4.78 is 1.02. The Morgan fingerprint density at radius 1 is 0.861 bits per heavy atom. The van der Waals surface area contributed by atoms with E-state index in [9.17, 15) is 9.59 Å². The fourth-order valence-electron chi connectivity index (χ4n) is 5.19. The molecule has 0 fully saturated rings. The molecule has 174 valence electrons. The number of benzene rings is 1. The molecule has 5 heterocycles. The predicted molar refractivity (Wildman–Crippen MR) is 150 cm³/mol. The summed E-state index contributed by atoms with van der Waals surface area (Å²) >= 11 is 3.12. The predicted octanol–water partition coefficient (Wildman–Crippen LogP) is 5.82. The van der Waals surface area contributed by atoms with Crippen molar-refractivity contribution in [2.24, 2.45) is 0 Å². The fourth-order valence-corrected chi connectivity index (χ4v) is 9.67. The van der Waals surface area contributed by atoms with E-state index in [2.05, 4.69) is 30.1 Å². The Labute approximate surface area is 216 Å². The average molecular weight is 522 g/mol. The largest absolute Gasteiger partial charge is 0.299 e. The Kier molecular flexibility index (Phi) is 4.57. The topological polar surface area (TPSA) is 63.2 Å². The van der Waals surface area contributed by atoms with Crippen LogP contribution in [0.15, 0.2) is 77.9 Å². The second kappa shape index (κ2) is 7.64. The summed E-state index contributed by atoms with van der Waals surface area (Å²) in [6.07, 6.45) is 5.44. The summed E-state index contributed by atoms with van der Waals surface area (Å²) in [7, 11) is -2.06. The molecule has 0 amide bonds. The van der Waals surface area contributed by atoms with Gasteiger partial charge in [0.05, 0.1) is 27.6 Å². The van der Waals surface area contributed by atoms with Gasteiger partial charge in [-0.15, -0.1) is 22.7 Å². The number of hydrogen-bond acceptors (Lipinski definition) is 7. The third-order valence-corrected chi connectivity index (χ3v) is 12.0. The zero-order chi connectivity index (χ0) is 24.6. The molecular formula is C28H19N3O2S2Si. The maximum absolute atomic E-state index is 13.2. The molecule has 0 saturated carbocycles. The van der Waals surface area contributed by atoms with E-state index in [-0.39, 0.29) is 17.1 Å². The minimum absolute atomic E-state index is 0.199. The van der Waals surface area contributed by atoms with Crippen molar-refractivity contribution in [2.45, 2.75) is 13.1 Å². The summed E-state index contributed by atoms with van der Waals surface area (Å²) in [5.41, 5.74) is 3.36. The lowest BCUT2D eigenvalue weighted by Gasteiger charge is -2.38. The maximum Gasteiger partial charge on any atom is 0.197 e. The van der Waals surface area contributed by atoms with E-state index in [1.807, 2.05) is 60.2 Å². The number of pyridine rings is 2. The Hall–Kier alpha value is -3.72. The van der Waals surface area contributed by atoms with Crippen molar-refractivity contribution in [1.29, 1.82) is 0 Å². The summed E-state index contributed by atoms with van der Waals surface area (Å²) in [5.74, 6) is -0.400. The number of aromatic nitrogens is 2. The molecule has 4 aromatic heterocycles. The van der Waals surface area contributed by atoms with Gasteiger partial charge in [0.25, 0.3) is 0 Å². The highest BCUT2D eigenvalue weighted by Gasteiger charge is 2.41. The molecule has 5 nitrogen and oxygen atoms in total. The molecule has 0 saturated heterocycles. The minimum atomic E-state index is -2.06. The molecule has 36 heavy (non-hydrogen) atoms. The van der Waals surface area contributed by atoms with E-state index in [4.69, 9.17) is 9.97 Å². The maximum atomic E-state index is 13.2. The van der Waals surface area contributed by atoms with Crippen molar-refractivity contribution in [3.63, 3.8) is 0 Å². The lowest BCUT2D eigenvalue weighted by atomic mass is 10.1. The first kappa shape index (κ1) is 21.6. The Morgan fingerprint density at radius 3 is 2.22 bits per heavy atom.